The molecule has 162 valence electrons. The van der Waals surface area contributed by atoms with Gasteiger partial charge in [0.15, 0.2) is 5.78 Å². The van der Waals surface area contributed by atoms with Crippen LogP contribution < -0.4 is 10.0 Å². The number of aryl methyl sites for hydroxylation is 2. The maximum absolute atomic E-state index is 12.9. The summed E-state index contributed by atoms with van der Waals surface area (Å²) in [4.78, 5) is 25.3. The summed E-state index contributed by atoms with van der Waals surface area (Å²) in [5.41, 5.74) is 5.91. The van der Waals surface area contributed by atoms with Gasteiger partial charge in [-0.25, -0.2) is 9.52 Å². The van der Waals surface area contributed by atoms with Crippen LogP contribution in [0.1, 0.15) is 76.4 Å². The SMILES string of the molecule is O=C(Nc1c2c(cc3c1CCC3)CCC2)NS(=O)(=O)c1cc2c(o1)C1CCC(C1)C2=O. The Hall–Kier alpha value is -2.61. The van der Waals surface area contributed by atoms with Crippen LogP contribution in [0, 0.1) is 5.92 Å². The third kappa shape index (κ3) is 2.95. The Morgan fingerprint density at radius 2 is 1.65 bits per heavy atom. The number of furan rings is 1. The molecule has 2 unspecified atom stereocenters. The molecule has 1 aromatic heterocycles. The number of carbonyl (C=O) groups excluding carboxylic acids is 2. The van der Waals surface area contributed by atoms with Gasteiger partial charge in [-0.3, -0.25) is 4.79 Å². The van der Waals surface area contributed by atoms with E-state index in [9.17, 15) is 18.0 Å². The van der Waals surface area contributed by atoms with Crippen molar-refractivity contribution >= 4 is 27.5 Å². The molecule has 0 aliphatic heterocycles. The van der Waals surface area contributed by atoms with Gasteiger partial charge in [-0.15, -0.1) is 0 Å². The summed E-state index contributed by atoms with van der Waals surface area (Å²) >= 11 is 0. The lowest BCUT2D eigenvalue weighted by Crippen LogP contribution is -2.34. The number of benzene rings is 1. The first-order valence-corrected chi connectivity index (χ1v) is 12.6. The van der Waals surface area contributed by atoms with Crippen molar-refractivity contribution in [2.24, 2.45) is 5.92 Å². The monoisotopic (exact) mass is 440 g/mol. The van der Waals surface area contributed by atoms with E-state index in [-0.39, 0.29) is 22.7 Å². The number of hydrogen-bond acceptors (Lipinski definition) is 5. The fraction of sp³-hybridized carbons (Fsp3) is 0.478. The van der Waals surface area contributed by atoms with Gasteiger partial charge in [-0.05, 0) is 80.0 Å². The molecule has 4 aliphatic rings. The van der Waals surface area contributed by atoms with Crippen molar-refractivity contribution < 1.29 is 22.4 Å². The number of anilines is 1. The predicted molar refractivity (Wildman–Crippen MR) is 113 cm³/mol. The molecule has 2 aromatic rings. The van der Waals surface area contributed by atoms with Gasteiger partial charge in [-0.2, -0.15) is 8.42 Å². The average molecular weight is 441 g/mol. The van der Waals surface area contributed by atoms with Gasteiger partial charge in [0.1, 0.15) is 5.76 Å². The highest BCUT2D eigenvalue weighted by atomic mass is 32.2. The lowest BCUT2D eigenvalue weighted by atomic mass is 9.87. The van der Waals surface area contributed by atoms with Crippen LogP contribution in [0.5, 0.6) is 0 Å². The van der Waals surface area contributed by atoms with E-state index in [0.29, 0.717) is 11.3 Å². The number of carbonyl (C=O) groups is 2. The minimum Gasteiger partial charge on any atom is -0.447 e. The first-order chi connectivity index (χ1) is 14.9. The Morgan fingerprint density at radius 3 is 2.35 bits per heavy atom. The van der Waals surface area contributed by atoms with Gasteiger partial charge >= 0.3 is 6.03 Å². The van der Waals surface area contributed by atoms with E-state index in [1.165, 1.54) is 17.2 Å². The zero-order valence-electron chi connectivity index (χ0n) is 17.1. The van der Waals surface area contributed by atoms with E-state index in [2.05, 4.69) is 16.1 Å². The number of urea groups is 1. The number of fused-ring (bicyclic) bond motifs is 6. The van der Waals surface area contributed by atoms with Crippen LogP contribution in [0.4, 0.5) is 10.5 Å². The minimum absolute atomic E-state index is 0.0378. The van der Waals surface area contributed by atoms with Gasteiger partial charge in [0, 0.05) is 23.6 Å². The van der Waals surface area contributed by atoms with Crippen molar-refractivity contribution in [1.82, 2.24) is 4.72 Å². The molecule has 1 aromatic carbocycles. The number of sulfonamides is 1. The minimum atomic E-state index is -4.22. The predicted octanol–water partition coefficient (Wildman–Crippen LogP) is 3.85. The molecule has 4 aliphatic carbocycles. The number of hydrogen-bond donors (Lipinski definition) is 2. The molecule has 2 N–H and O–H groups in total. The van der Waals surface area contributed by atoms with E-state index in [1.54, 1.807) is 0 Å². The van der Waals surface area contributed by atoms with Gasteiger partial charge in [0.25, 0.3) is 10.0 Å². The van der Waals surface area contributed by atoms with Crippen LogP contribution in [0.25, 0.3) is 0 Å². The number of Topliss-reactive ketones (excluding diaryl/α,β-unsaturated/α-hetero) is 1. The van der Waals surface area contributed by atoms with Gasteiger partial charge < -0.3 is 9.73 Å². The molecule has 1 saturated carbocycles. The van der Waals surface area contributed by atoms with Crippen molar-refractivity contribution in [2.75, 3.05) is 5.32 Å². The molecule has 0 spiro atoms. The topological polar surface area (TPSA) is 105 Å². The number of ketones is 1. The summed E-state index contributed by atoms with van der Waals surface area (Å²) < 4.78 is 33.4. The molecule has 0 radical (unpaired) electrons. The second-order valence-corrected chi connectivity index (χ2v) is 10.8. The smallest absolute Gasteiger partial charge is 0.333 e. The second kappa shape index (κ2) is 6.69. The third-order valence-corrected chi connectivity index (χ3v) is 8.57. The Bertz CT molecular complexity index is 1210. The maximum atomic E-state index is 12.9. The van der Waals surface area contributed by atoms with Crippen LogP contribution in [-0.2, 0) is 35.7 Å². The quantitative estimate of drug-likeness (QED) is 0.754. The number of amides is 2. The van der Waals surface area contributed by atoms with Crippen LogP contribution in [0.3, 0.4) is 0 Å². The largest absolute Gasteiger partial charge is 0.447 e. The molecule has 0 saturated heterocycles. The molecule has 31 heavy (non-hydrogen) atoms. The zero-order valence-corrected chi connectivity index (χ0v) is 17.9. The van der Waals surface area contributed by atoms with Crippen molar-refractivity contribution in [2.45, 2.75) is 68.8 Å². The van der Waals surface area contributed by atoms with E-state index < -0.39 is 16.1 Å². The van der Waals surface area contributed by atoms with E-state index >= 15 is 0 Å². The Balaban J connectivity index is 1.27. The average Bonchev–Trinajstić information content (AvgIpc) is 3.50. The van der Waals surface area contributed by atoms with Crippen LogP contribution in [0.2, 0.25) is 0 Å². The van der Waals surface area contributed by atoms with Crippen molar-refractivity contribution in [3.05, 3.63) is 45.7 Å². The Labute approximate surface area is 180 Å². The number of rotatable bonds is 3. The van der Waals surface area contributed by atoms with Crippen molar-refractivity contribution in [1.29, 1.82) is 0 Å². The lowest BCUT2D eigenvalue weighted by Gasteiger charge is -2.16. The summed E-state index contributed by atoms with van der Waals surface area (Å²) in [6, 6.07) is 2.75. The molecule has 6 rings (SSSR count). The normalized spacial score (nSPS) is 23.4. The maximum Gasteiger partial charge on any atom is 0.333 e. The van der Waals surface area contributed by atoms with Crippen LogP contribution >= 0.6 is 0 Å². The molecule has 1 fully saturated rings. The molecule has 2 bridgehead atoms. The summed E-state index contributed by atoms with van der Waals surface area (Å²) in [6.45, 7) is 0. The molecular weight excluding hydrogens is 416 g/mol. The Morgan fingerprint density at radius 1 is 0.968 bits per heavy atom. The first kappa shape index (κ1) is 19.1. The fourth-order valence-corrected chi connectivity index (χ4v) is 6.83. The molecule has 2 atom stereocenters. The fourth-order valence-electron chi connectivity index (χ4n) is 5.97. The number of nitrogens with one attached hydrogen (secondary N) is 2. The highest BCUT2D eigenvalue weighted by molar-refractivity contribution is 7.89. The van der Waals surface area contributed by atoms with Crippen LogP contribution in [-0.4, -0.2) is 20.2 Å². The highest BCUT2D eigenvalue weighted by Crippen LogP contribution is 2.47. The molecule has 8 heteroatoms. The van der Waals surface area contributed by atoms with Crippen molar-refractivity contribution in [3.63, 3.8) is 0 Å². The molecule has 1 heterocycles. The van der Waals surface area contributed by atoms with Gasteiger partial charge in [0.05, 0.1) is 5.56 Å². The zero-order chi connectivity index (χ0) is 21.3. The van der Waals surface area contributed by atoms with E-state index in [0.717, 1.165) is 74.6 Å². The lowest BCUT2D eigenvalue weighted by molar-refractivity contribution is 0.0910. The van der Waals surface area contributed by atoms with Gasteiger partial charge in [-0.1, -0.05) is 6.07 Å². The summed E-state index contributed by atoms with van der Waals surface area (Å²) in [5.74, 6) is 0.459. The third-order valence-electron chi connectivity index (χ3n) is 7.38. The summed E-state index contributed by atoms with van der Waals surface area (Å²) in [5, 5.41) is 2.46. The molecule has 7 nitrogen and oxygen atoms in total. The first-order valence-electron chi connectivity index (χ1n) is 11.1. The Kier molecular flexibility index (Phi) is 4.12. The second-order valence-electron chi connectivity index (χ2n) is 9.21. The van der Waals surface area contributed by atoms with E-state index in [1.807, 2.05) is 0 Å². The van der Waals surface area contributed by atoms with Crippen molar-refractivity contribution in [3.8, 4) is 0 Å². The molecule has 2 amide bonds. The summed E-state index contributed by atoms with van der Waals surface area (Å²) in [6.07, 6.45) is 8.22. The van der Waals surface area contributed by atoms with Gasteiger partial charge in [0.2, 0.25) is 5.09 Å². The molecular formula is C23H24N2O5S. The standard InChI is InChI=1S/C23H24N2O5S/c26-21-14-7-8-15(10-14)22-18(21)11-19(30-22)31(28,29)25-23(27)24-20-16-5-1-3-12(16)9-13-4-2-6-17(13)20/h9,11,14-15H,1-8,10H2,(H2,24,25,27). The summed E-state index contributed by atoms with van der Waals surface area (Å²) in [7, 11) is -4.22. The van der Waals surface area contributed by atoms with Crippen LogP contribution in [0.15, 0.2) is 21.6 Å². The highest BCUT2D eigenvalue weighted by Gasteiger charge is 2.43. The van der Waals surface area contributed by atoms with E-state index in [4.69, 9.17) is 4.42 Å².